The Labute approximate surface area is 94.8 Å². The van der Waals surface area contributed by atoms with Crippen molar-refractivity contribution in [2.45, 2.75) is 6.42 Å². The number of allylic oxidation sites excluding steroid dienone is 5. The van der Waals surface area contributed by atoms with E-state index in [0.717, 1.165) is 5.57 Å². The minimum absolute atomic E-state index is 0. The summed E-state index contributed by atoms with van der Waals surface area (Å²) in [6.07, 6.45) is 9.21. The average Bonchev–Trinajstić information content (AvgIpc) is 2.21. The molecule has 0 amide bonds. The Hall–Kier alpha value is -1.26. The highest BCUT2D eigenvalue weighted by molar-refractivity contribution is 5.85. The van der Waals surface area contributed by atoms with Gasteiger partial charge in [-0.3, -0.25) is 4.79 Å². The highest BCUT2D eigenvalue weighted by Crippen LogP contribution is 2.22. The maximum atomic E-state index is 11.1. The average molecular weight is 232 g/mol. The summed E-state index contributed by atoms with van der Waals surface area (Å²) >= 11 is 0. The molecule has 0 spiro atoms. The van der Waals surface area contributed by atoms with Crippen LogP contribution in [0.25, 0.3) is 0 Å². The van der Waals surface area contributed by atoms with E-state index in [9.17, 15) is 4.79 Å². The number of methoxy groups -OCH3 is 1. The number of esters is 1. The van der Waals surface area contributed by atoms with Crippen LogP contribution in [0.3, 0.4) is 0 Å². The molecule has 1 aliphatic carbocycles. The van der Waals surface area contributed by atoms with Crippen LogP contribution in [0.4, 0.5) is 0 Å². The first kappa shape index (κ1) is 13.7. The van der Waals surface area contributed by atoms with Crippen LogP contribution in [0.5, 0.6) is 0 Å². The van der Waals surface area contributed by atoms with Gasteiger partial charge in [0.15, 0.2) is 0 Å². The van der Waals surface area contributed by atoms with Gasteiger partial charge in [0.2, 0.25) is 0 Å². The van der Waals surface area contributed by atoms with Crippen LogP contribution in [0.1, 0.15) is 6.42 Å². The van der Waals surface area contributed by atoms with E-state index >= 15 is 0 Å². The lowest BCUT2D eigenvalue weighted by Crippen LogP contribution is -2.11. The Bertz CT molecular complexity index is 297. The number of halogens is 1. The minimum atomic E-state index is -0.252. The Morgan fingerprint density at radius 3 is 2.93 bits per heavy atom. The lowest BCUT2D eigenvalue weighted by molar-refractivity contribution is -0.141. The van der Waals surface area contributed by atoms with Crippen molar-refractivity contribution in [3.05, 3.63) is 36.1 Å². The number of nitrogens with two attached hydrogens (primary N) is 1. The fourth-order valence-electron chi connectivity index (χ4n) is 1.25. The van der Waals surface area contributed by atoms with Gasteiger partial charge in [0.1, 0.15) is 6.26 Å². The first-order valence-corrected chi connectivity index (χ1v) is 4.25. The first-order valence-electron chi connectivity index (χ1n) is 4.25. The molecule has 0 bridgehead atoms. The van der Waals surface area contributed by atoms with E-state index in [4.69, 9.17) is 5.90 Å². The van der Waals surface area contributed by atoms with Crippen molar-refractivity contribution in [3.8, 4) is 0 Å². The zero-order valence-corrected chi connectivity index (χ0v) is 9.20. The highest BCUT2D eigenvalue weighted by atomic mass is 35.5. The van der Waals surface area contributed by atoms with E-state index in [1.165, 1.54) is 13.4 Å². The van der Waals surface area contributed by atoms with Gasteiger partial charge < -0.3 is 9.57 Å². The molecule has 1 unspecified atom stereocenters. The fourth-order valence-corrected chi connectivity index (χ4v) is 1.25. The van der Waals surface area contributed by atoms with Crippen LogP contribution in [0.2, 0.25) is 0 Å². The summed E-state index contributed by atoms with van der Waals surface area (Å²) in [5, 5.41) is 0. The molecule has 2 N–H and O–H groups in total. The van der Waals surface area contributed by atoms with Crippen LogP contribution in [-0.2, 0) is 14.4 Å². The van der Waals surface area contributed by atoms with Gasteiger partial charge in [0.05, 0.1) is 13.5 Å². The smallest absolute Gasteiger partial charge is 0.306 e. The molecule has 5 heteroatoms. The van der Waals surface area contributed by atoms with Gasteiger partial charge in [-0.05, 0) is 5.57 Å². The molecule has 0 aromatic carbocycles. The van der Waals surface area contributed by atoms with Gasteiger partial charge >= 0.3 is 5.97 Å². The fraction of sp³-hybridized carbons (Fsp3) is 0.300. The van der Waals surface area contributed by atoms with Crippen LogP contribution in [0, 0.1) is 5.92 Å². The molecule has 0 aromatic rings. The summed E-state index contributed by atoms with van der Waals surface area (Å²) in [6.45, 7) is 0. The molecule has 0 radical (unpaired) electrons. The molecule has 1 aliphatic rings. The van der Waals surface area contributed by atoms with Crippen LogP contribution < -0.4 is 5.90 Å². The van der Waals surface area contributed by atoms with Gasteiger partial charge in [0.25, 0.3) is 0 Å². The molecule has 4 nitrogen and oxygen atoms in total. The Balaban J connectivity index is 0.00000196. The molecule has 0 fully saturated rings. The normalized spacial score (nSPS) is 20.9. The predicted molar refractivity (Wildman–Crippen MR) is 59.0 cm³/mol. The van der Waals surface area contributed by atoms with Crippen molar-refractivity contribution in [2.24, 2.45) is 11.8 Å². The third kappa shape index (κ3) is 4.18. The van der Waals surface area contributed by atoms with E-state index in [-0.39, 0.29) is 24.3 Å². The van der Waals surface area contributed by atoms with Crippen LogP contribution in [0.15, 0.2) is 36.1 Å². The summed E-state index contributed by atoms with van der Waals surface area (Å²) in [5.74, 6) is 4.66. The monoisotopic (exact) mass is 231 g/mol. The highest BCUT2D eigenvalue weighted by Gasteiger charge is 2.16. The molecule has 0 aliphatic heterocycles. The standard InChI is InChI=1S/C10H13NO3.ClH/c1-13-10(12)6-8-4-2-3-5-9(8)7-14-11;/h2-5,7-8H,6,11H2,1H3;1H. The first-order chi connectivity index (χ1) is 6.77. The molecule has 0 saturated heterocycles. The largest absolute Gasteiger partial charge is 0.469 e. The molecule has 15 heavy (non-hydrogen) atoms. The van der Waals surface area contributed by atoms with Crippen molar-refractivity contribution in [2.75, 3.05) is 7.11 Å². The molecule has 1 atom stereocenters. The van der Waals surface area contributed by atoms with Gasteiger partial charge in [-0.2, -0.15) is 5.90 Å². The molecular formula is C10H14ClNO3. The van der Waals surface area contributed by atoms with Gasteiger partial charge in [-0.1, -0.05) is 24.3 Å². The summed E-state index contributed by atoms with van der Waals surface area (Å²) in [7, 11) is 1.37. The molecule has 0 heterocycles. The van der Waals surface area contributed by atoms with Crippen molar-refractivity contribution >= 4 is 18.4 Å². The topological polar surface area (TPSA) is 61.5 Å². The van der Waals surface area contributed by atoms with Gasteiger partial charge in [-0.25, -0.2) is 0 Å². The second-order valence-corrected chi connectivity index (χ2v) is 2.88. The van der Waals surface area contributed by atoms with E-state index in [2.05, 4.69) is 9.57 Å². The quantitative estimate of drug-likeness (QED) is 0.454. The predicted octanol–water partition coefficient (Wildman–Crippen LogP) is 1.49. The van der Waals surface area contributed by atoms with E-state index in [1.807, 2.05) is 24.3 Å². The SMILES string of the molecule is COC(=O)CC1C=CC=CC1=CON.Cl. The second-order valence-electron chi connectivity index (χ2n) is 2.88. The molecule has 0 aromatic heterocycles. The van der Waals surface area contributed by atoms with Crippen molar-refractivity contribution in [1.29, 1.82) is 0 Å². The molecule has 1 rings (SSSR count). The number of carbonyl (C=O) groups excluding carboxylic acids is 1. The number of rotatable bonds is 3. The minimum Gasteiger partial charge on any atom is -0.469 e. The lowest BCUT2D eigenvalue weighted by Gasteiger charge is -2.14. The van der Waals surface area contributed by atoms with E-state index in [0.29, 0.717) is 6.42 Å². The Morgan fingerprint density at radius 2 is 2.33 bits per heavy atom. The molecule has 84 valence electrons. The summed E-state index contributed by atoms with van der Waals surface area (Å²) in [6, 6.07) is 0. The van der Waals surface area contributed by atoms with E-state index in [1.54, 1.807) is 0 Å². The third-order valence-corrected chi connectivity index (χ3v) is 1.99. The van der Waals surface area contributed by atoms with Crippen LogP contribution in [-0.4, -0.2) is 13.1 Å². The van der Waals surface area contributed by atoms with Crippen molar-refractivity contribution < 1.29 is 14.4 Å². The van der Waals surface area contributed by atoms with Gasteiger partial charge in [0, 0.05) is 5.92 Å². The number of hydrogen-bond donors (Lipinski definition) is 1. The molecule has 0 saturated carbocycles. The summed E-state index contributed by atoms with van der Waals surface area (Å²) < 4.78 is 4.58. The van der Waals surface area contributed by atoms with E-state index < -0.39 is 0 Å². The zero-order chi connectivity index (χ0) is 10.4. The Kier molecular flexibility index (Phi) is 6.49. The number of ether oxygens (including phenoxy) is 1. The second kappa shape index (κ2) is 7.09. The Morgan fingerprint density at radius 1 is 1.60 bits per heavy atom. The lowest BCUT2D eigenvalue weighted by atomic mass is 9.92. The number of hydrogen-bond acceptors (Lipinski definition) is 4. The summed E-state index contributed by atoms with van der Waals surface area (Å²) in [5.41, 5.74) is 0.861. The zero-order valence-electron chi connectivity index (χ0n) is 8.38. The number of carbonyl (C=O) groups is 1. The maximum Gasteiger partial charge on any atom is 0.306 e. The van der Waals surface area contributed by atoms with Crippen LogP contribution >= 0.6 is 12.4 Å². The van der Waals surface area contributed by atoms with Crippen molar-refractivity contribution in [3.63, 3.8) is 0 Å². The summed E-state index contributed by atoms with van der Waals surface area (Å²) in [4.78, 5) is 15.5. The third-order valence-electron chi connectivity index (χ3n) is 1.99. The van der Waals surface area contributed by atoms with Crippen molar-refractivity contribution in [1.82, 2.24) is 0 Å². The molecular weight excluding hydrogens is 218 g/mol. The van der Waals surface area contributed by atoms with Gasteiger partial charge in [-0.15, -0.1) is 12.4 Å². The maximum absolute atomic E-state index is 11.1.